The summed E-state index contributed by atoms with van der Waals surface area (Å²) in [7, 11) is 0. The summed E-state index contributed by atoms with van der Waals surface area (Å²) in [5, 5.41) is 11.8. The van der Waals surface area contributed by atoms with Crippen LogP contribution in [-0.2, 0) is 9.59 Å². The van der Waals surface area contributed by atoms with Gasteiger partial charge in [-0.05, 0) is 18.8 Å². The molecule has 0 aromatic heterocycles. The highest BCUT2D eigenvalue weighted by atomic mass is 16.4. The predicted octanol–water partition coefficient (Wildman–Crippen LogP) is 0.979. The first-order chi connectivity index (χ1) is 8.43. The van der Waals surface area contributed by atoms with Crippen LogP contribution < -0.4 is 11.1 Å². The second-order valence-electron chi connectivity index (χ2n) is 5.59. The topological polar surface area (TPSA) is 92.4 Å². The van der Waals surface area contributed by atoms with Gasteiger partial charge in [-0.1, -0.05) is 26.7 Å². The molecule has 0 aliphatic heterocycles. The monoisotopic (exact) mass is 256 g/mol. The summed E-state index contributed by atoms with van der Waals surface area (Å²) in [4.78, 5) is 23.2. The van der Waals surface area contributed by atoms with Crippen LogP contribution in [0.1, 0.15) is 39.5 Å². The average Bonchev–Trinajstić information content (AvgIpc) is 2.77. The zero-order valence-electron chi connectivity index (χ0n) is 11.2. The third-order valence-electron chi connectivity index (χ3n) is 4.04. The van der Waals surface area contributed by atoms with Crippen molar-refractivity contribution in [1.29, 1.82) is 0 Å². The molecule has 0 spiro atoms. The first-order valence-electron chi connectivity index (χ1n) is 6.64. The van der Waals surface area contributed by atoms with Gasteiger partial charge in [0.2, 0.25) is 5.91 Å². The third-order valence-corrected chi connectivity index (χ3v) is 4.04. The van der Waals surface area contributed by atoms with Crippen molar-refractivity contribution in [3.05, 3.63) is 0 Å². The molecule has 1 atom stereocenters. The molecule has 1 fully saturated rings. The van der Waals surface area contributed by atoms with Crippen molar-refractivity contribution in [3.8, 4) is 0 Å². The summed E-state index contributed by atoms with van der Waals surface area (Å²) in [5.74, 6) is -1.47. The van der Waals surface area contributed by atoms with Crippen molar-refractivity contribution in [1.82, 2.24) is 5.32 Å². The van der Waals surface area contributed by atoms with Crippen LogP contribution in [0.5, 0.6) is 0 Å². The van der Waals surface area contributed by atoms with Crippen LogP contribution in [0.3, 0.4) is 0 Å². The van der Waals surface area contributed by atoms with E-state index in [4.69, 9.17) is 10.8 Å². The first kappa shape index (κ1) is 15.0. The van der Waals surface area contributed by atoms with Gasteiger partial charge in [-0.2, -0.15) is 0 Å². The van der Waals surface area contributed by atoms with E-state index in [2.05, 4.69) is 5.32 Å². The number of hydrogen-bond acceptors (Lipinski definition) is 3. The Morgan fingerprint density at radius 2 is 1.89 bits per heavy atom. The van der Waals surface area contributed by atoms with Crippen LogP contribution in [0.4, 0.5) is 0 Å². The van der Waals surface area contributed by atoms with Crippen LogP contribution in [-0.4, -0.2) is 30.1 Å². The molecule has 0 aromatic rings. The number of amides is 1. The quantitative estimate of drug-likeness (QED) is 0.660. The molecular formula is C13H24N2O3. The van der Waals surface area contributed by atoms with E-state index in [1.165, 1.54) is 0 Å². The Labute approximate surface area is 108 Å². The van der Waals surface area contributed by atoms with E-state index in [0.29, 0.717) is 6.54 Å². The summed E-state index contributed by atoms with van der Waals surface area (Å²) in [6, 6.07) is 0. The lowest BCUT2D eigenvalue weighted by molar-refractivity contribution is -0.143. The lowest BCUT2D eigenvalue weighted by atomic mass is 9.85. The number of aliphatic carboxylic acids is 1. The van der Waals surface area contributed by atoms with E-state index in [1.54, 1.807) is 0 Å². The molecule has 5 nitrogen and oxygen atoms in total. The largest absolute Gasteiger partial charge is 0.481 e. The van der Waals surface area contributed by atoms with E-state index in [-0.39, 0.29) is 18.4 Å². The van der Waals surface area contributed by atoms with Crippen molar-refractivity contribution in [2.45, 2.75) is 39.5 Å². The summed E-state index contributed by atoms with van der Waals surface area (Å²) < 4.78 is 0. The number of carbonyl (C=O) groups excluding carboxylic acids is 1. The average molecular weight is 256 g/mol. The zero-order chi connectivity index (χ0) is 13.8. The van der Waals surface area contributed by atoms with Crippen LogP contribution in [0.2, 0.25) is 0 Å². The Bertz CT molecular complexity index is 309. The summed E-state index contributed by atoms with van der Waals surface area (Å²) >= 11 is 0. The molecule has 5 heteroatoms. The number of hydrogen-bond donors (Lipinski definition) is 3. The Hall–Kier alpha value is -1.10. The fraction of sp³-hybridized carbons (Fsp3) is 0.846. The van der Waals surface area contributed by atoms with Gasteiger partial charge in [-0.25, -0.2) is 0 Å². The van der Waals surface area contributed by atoms with Crippen molar-refractivity contribution in [3.63, 3.8) is 0 Å². The van der Waals surface area contributed by atoms with Crippen LogP contribution >= 0.6 is 0 Å². The smallest absolute Gasteiger partial charge is 0.308 e. The molecule has 0 aromatic carbocycles. The van der Waals surface area contributed by atoms with Crippen molar-refractivity contribution in [2.75, 3.05) is 13.1 Å². The van der Waals surface area contributed by atoms with Gasteiger partial charge in [-0.15, -0.1) is 0 Å². The van der Waals surface area contributed by atoms with Gasteiger partial charge in [-0.3, -0.25) is 9.59 Å². The van der Waals surface area contributed by atoms with Gasteiger partial charge in [0.05, 0.1) is 11.3 Å². The maximum Gasteiger partial charge on any atom is 0.308 e. The highest BCUT2D eigenvalue weighted by Gasteiger charge is 2.40. The summed E-state index contributed by atoms with van der Waals surface area (Å²) in [6.45, 7) is 4.23. The molecule has 0 radical (unpaired) electrons. The highest BCUT2D eigenvalue weighted by Crippen LogP contribution is 2.37. The minimum Gasteiger partial charge on any atom is -0.481 e. The number of nitrogens with two attached hydrogens (primary N) is 1. The minimum atomic E-state index is -0.862. The molecule has 18 heavy (non-hydrogen) atoms. The zero-order valence-corrected chi connectivity index (χ0v) is 11.2. The van der Waals surface area contributed by atoms with Gasteiger partial charge >= 0.3 is 5.97 Å². The van der Waals surface area contributed by atoms with E-state index in [9.17, 15) is 9.59 Å². The van der Waals surface area contributed by atoms with Gasteiger partial charge in [0.25, 0.3) is 0 Å². The van der Waals surface area contributed by atoms with E-state index in [0.717, 1.165) is 25.7 Å². The molecule has 104 valence electrons. The molecule has 1 saturated carbocycles. The fourth-order valence-electron chi connectivity index (χ4n) is 2.57. The van der Waals surface area contributed by atoms with E-state index >= 15 is 0 Å². The number of nitrogens with one attached hydrogen (secondary N) is 1. The molecule has 1 aliphatic rings. The van der Waals surface area contributed by atoms with Crippen molar-refractivity contribution < 1.29 is 14.7 Å². The molecule has 1 unspecified atom stereocenters. The van der Waals surface area contributed by atoms with E-state index < -0.39 is 17.3 Å². The second-order valence-corrected chi connectivity index (χ2v) is 5.59. The van der Waals surface area contributed by atoms with Crippen LogP contribution in [0.15, 0.2) is 0 Å². The summed E-state index contributed by atoms with van der Waals surface area (Å²) in [6.07, 6.45) is 3.68. The predicted molar refractivity (Wildman–Crippen MR) is 68.9 cm³/mol. The molecule has 0 heterocycles. The Kier molecular flexibility index (Phi) is 5.14. The third kappa shape index (κ3) is 3.22. The lowest BCUT2D eigenvalue weighted by Gasteiger charge is -2.27. The van der Waals surface area contributed by atoms with Gasteiger partial charge in [0, 0.05) is 13.1 Å². The van der Waals surface area contributed by atoms with Gasteiger partial charge < -0.3 is 16.2 Å². The number of rotatable bonds is 6. The molecule has 0 saturated heterocycles. The Morgan fingerprint density at radius 1 is 1.33 bits per heavy atom. The lowest BCUT2D eigenvalue weighted by Crippen LogP contribution is -2.46. The molecule has 1 amide bonds. The molecule has 4 N–H and O–H groups in total. The molecule has 1 aliphatic carbocycles. The first-order valence-corrected chi connectivity index (χ1v) is 6.64. The minimum absolute atomic E-state index is 0.000189. The van der Waals surface area contributed by atoms with Gasteiger partial charge in [0.15, 0.2) is 0 Å². The Balaban J connectivity index is 2.56. The normalized spacial score (nSPS) is 19.8. The standard InChI is InChI=1S/C13H24N2O3/c1-9(2)10(11(16)17)7-15-12(18)13(8-14)5-3-4-6-13/h9-10H,3-8,14H2,1-2H3,(H,15,18)(H,16,17). The maximum atomic E-state index is 12.2. The van der Waals surface area contributed by atoms with Crippen LogP contribution in [0.25, 0.3) is 0 Å². The SMILES string of the molecule is CC(C)C(CNC(=O)C1(CN)CCCC1)C(=O)O. The number of carboxylic acids is 1. The maximum absolute atomic E-state index is 12.2. The number of carbonyl (C=O) groups is 2. The Morgan fingerprint density at radius 3 is 2.28 bits per heavy atom. The molecule has 0 bridgehead atoms. The number of carboxylic acid groups (broad SMARTS) is 1. The highest BCUT2D eigenvalue weighted by molar-refractivity contribution is 5.83. The fourth-order valence-corrected chi connectivity index (χ4v) is 2.57. The molecular weight excluding hydrogens is 232 g/mol. The van der Waals surface area contributed by atoms with Crippen molar-refractivity contribution >= 4 is 11.9 Å². The summed E-state index contributed by atoms with van der Waals surface area (Å²) in [5.41, 5.74) is 5.26. The molecule has 1 rings (SSSR count). The second kappa shape index (κ2) is 6.18. The van der Waals surface area contributed by atoms with Gasteiger partial charge in [0.1, 0.15) is 0 Å². The van der Waals surface area contributed by atoms with Crippen molar-refractivity contribution in [2.24, 2.45) is 23.0 Å². The van der Waals surface area contributed by atoms with E-state index in [1.807, 2.05) is 13.8 Å². The van der Waals surface area contributed by atoms with Crippen LogP contribution in [0, 0.1) is 17.3 Å².